The smallest absolute Gasteiger partial charge is 0.251 e. The molecule has 5 heteroatoms. The van der Waals surface area contributed by atoms with Crippen LogP contribution in [0.2, 0.25) is 0 Å². The summed E-state index contributed by atoms with van der Waals surface area (Å²) in [7, 11) is 0. The number of amides is 1. The molecule has 5 saturated carbocycles. The maximum Gasteiger partial charge on any atom is 0.251 e. The summed E-state index contributed by atoms with van der Waals surface area (Å²) in [6.45, 7) is 0.237. The second kappa shape index (κ2) is 6.13. The summed E-state index contributed by atoms with van der Waals surface area (Å²) in [5, 5.41) is 7.24. The maximum atomic E-state index is 12.7. The van der Waals surface area contributed by atoms with Crippen LogP contribution < -0.4 is 20.1 Å². The minimum Gasteiger partial charge on any atom is -0.454 e. The van der Waals surface area contributed by atoms with Crippen LogP contribution in [0.4, 0.5) is 0 Å². The predicted molar refractivity (Wildman–Crippen MR) is 101 cm³/mol. The van der Waals surface area contributed by atoms with Crippen LogP contribution in [0.5, 0.6) is 11.5 Å². The molecule has 5 aliphatic carbocycles. The van der Waals surface area contributed by atoms with Gasteiger partial charge in [0.05, 0.1) is 0 Å². The molecule has 2 atom stereocenters. The van der Waals surface area contributed by atoms with E-state index in [0.717, 1.165) is 35.8 Å². The number of carbonyl (C=O) groups excluding carboxylic acids is 1. The summed E-state index contributed by atoms with van der Waals surface area (Å²) in [6, 6.07) is 6.80. The summed E-state index contributed by atoms with van der Waals surface area (Å²) < 4.78 is 10.7. The van der Waals surface area contributed by atoms with Crippen molar-refractivity contribution in [3.63, 3.8) is 0 Å². The van der Waals surface area contributed by atoms with Gasteiger partial charge < -0.3 is 20.1 Å². The molecule has 1 aromatic rings. The van der Waals surface area contributed by atoms with E-state index in [1.807, 2.05) is 12.1 Å². The summed E-state index contributed by atoms with van der Waals surface area (Å²) in [5.41, 5.74) is 0.652. The third-order valence-electron chi connectivity index (χ3n) is 7.86. The van der Waals surface area contributed by atoms with E-state index in [1.165, 1.54) is 38.5 Å². The Balaban J connectivity index is 1.09. The number of carbonyl (C=O) groups is 1. The van der Waals surface area contributed by atoms with Gasteiger partial charge in [-0.25, -0.2) is 0 Å². The van der Waals surface area contributed by atoms with Gasteiger partial charge in [0.2, 0.25) is 6.79 Å². The fourth-order valence-corrected chi connectivity index (χ4v) is 6.61. The molecule has 5 nitrogen and oxygen atoms in total. The van der Waals surface area contributed by atoms with E-state index in [-0.39, 0.29) is 18.7 Å². The van der Waals surface area contributed by atoms with Crippen molar-refractivity contribution in [3.05, 3.63) is 23.8 Å². The highest BCUT2D eigenvalue weighted by atomic mass is 16.7. The zero-order chi connectivity index (χ0) is 18.0. The Labute approximate surface area is 160 Å². The van der Waals surface area contributed by atoms with Gasteiger partial charge in [-0.2, -0.15) is 0 Å². The van der Waals surface area contributed by atoms with E-state index in [2.05, 4.69) is 10.6 Å². The lowest BCUT2D eigenvalue weighted by Gasteiger charge is -2.56. The van der Waals surface area contributed by atoms with Crippen LogP contribution in [0.15, 0.2) is 18.2 Å². The maximum absolute atomic E-state index is 12.7. The van der Waals surface area contributed by atoms with E-state index in [0.29, 0.717) is 23.4 Å². The van der Waals surface area contributed by atoms with Gasteiger partial charge in [-0.15, -0.1) is 0 Å². The van der Waals surface area contributed by atoms with Gasteiger partial charge in [0, 0.05) is 23.7 Å². The van der Waals surface area contributed by atoms with Crippen LogP contribution in [0.1, 0.15) is 55.3 Å². The van der Waals surface area contributed by atoms with Crippen LogP contribution in [-0.2, 0) is 0 Å². The molecule has 1 heterocycles. The molecule has 4 bridgehead atoms. The SMILES string of the molecule is O=C(N[C@H]1CC[C@H]1NC1C2CC3CC(C2)CC1C3)c1ccc2c(c1)OCO2. The first-order valence-corrected chi connectivity index (χ1v) is 10.7. The summed E-state index contributed by atoms with van der Waals surface area (Å²) in [5.74, 6) is 5.16. The van der Waals surface area contributed by atoms with E-state index >= 15 is 0 Å². The molecule has 27 heavy (non-hydrogen) atoms. The Morgan fingerprint density at radius 2 is 1.59 bits per heavy atom. The van der Waals surface area contributed by atoms with Gasteiger partial charge in [0.25, 0.3) is 5.91 Å². The Morgan fingerprint density at radius 3 is 2.30 bits per heavy atom. The van der Waals surface area contributed by atoms with Crippen molar-refractivity contribution in [2.24, 2.45) is 23.7 Å². The molecule has 2 N–H and O–H groups in total. The number of nitrogens with one attached hydrogen (secondary N) is 2. The summed E-state index contributed by atoms with van der Waals surface area (Å²) in [4.78, 5) is 12.7. The molecule has 5 fully saturated rings. The number of fused-ring (bicyclic) bond motifs is 1. The van der Waals surface area contributed by atoms with Crippen molar-refractivity contribution in [2.75, 3.05) is 6.79 Å². The predicted octanol–water partition coefficient (Wildman–Crippen LogP) is 3.09. The van der Waals surface area contributed by atoms with Crippen molar-refractivity contribution in [3.8, 4) is 11.5 Å². The van der Waals surface area contributed by atoms with Crippen LogP contribution in [-0.4, -0.2) is 30.8 Å². The number of ether oxygens (including phenoxy) is 2. The minimum absolute atomic E-state index is 0.00474. The highest BCUT2D eigenvalue weighted by Gasteiger charge is 2.49. The Kier molecular flexibility index (Phi) is 3.68. The molecule has 0 aromatic heterocycles. The molecule has 7 rings (SSSR count). The van der Waals surface area contributed by atoms with E-state index < -0.39 is 0 Å². The average molecular weight is 368 g/mol. The van der Waals surface area contributed by atoms with Crippen LogP contribution in [0.3, 0.4) is 0 Å². The third-order valence-corrected chi connectivity index (χ3v) is 7.86. The van der Waals surface area contributed by atoms with Crippen molar-refractivity contribution in [1.82, 2.24) is 10.6 Å². The summed E-state index contributed by atoms with van der Waals surface area (Å²) in [6.07, 6.45) is 9.49. The van der Waals surface area contributed by atoms with Crippen molar-refractivity contribution in [2.45, 2.75) is 63.1 Å². The second-order valence-electron chi connectivity index (χ2n) is 9.46. The van der Waals surface area contributed by atoms with E-state index in [9.17, 15) is 4.79 Å². The quantitative estimate of drug-likeness (QED) is 0.857. The molecule has 0 radical (unpaired) electrons. The first-order valence-electron chi connectivity index (χ1n) is 10.7. The molecule has 1 aromatic carbocycles. The number of benzene rings is 1. The number of rotatable bonds is 4. The van der Waals surface area contributed by atoms with Crippen LogP contribution in [0.25, 0.3) is 0 Å². The molecule has 1 aliphatic heterocycles. The third kappa shape index (κ3) is 2.74. The zero-order valence-electron chi connectivity index (χ0n) is 15.7. The minimum atomic E-state index is -0.00474. The normalized spacial score (nSPS) is 40.7. The Morgan fingerprint density at radius 1 is 0.889 bits per heavy atom. The van der Waals surface area contributed by atoms with Crippen molar-refractivity contribution >= 4 is 5.91 Å². The fourth-order valence-electron chi connectivity index (χ4n) is 6.61. The molecule has 0 unspecified atom stereocenters. The highest BCUT2D eigenvalue weighted by molar-refractivity contribution is 5.95. The monoisotopic (exact) mass is 368 g/mol. The van der Waals surface area contributed by atoms with Gasteiger partial charge in [0.15, 0.2) is 11.5 Å². The van der Waals surface area contributed by atoms with Crippen LogP contribution >= 0.6 is 0 Å². The topological polar surface area (TPSA) is 59.6 Å². The fraction of sp³-hybridized carbons (Fsp3) is 0.682. The lowest BCUT2D eigenvalue weighted by atomic mass is 9.54. The first kappa shape index (κ1) is 16.2. The molecular formula is C22H28N2O3. The van der Waals surface area contributed by atoms with Crippen LogP contribution in [0, 0.1) is 23.7 Å². The van der Waals surface area contributed by atoms with Gasteiger partial charge in [0.1, 0.15) is 0 Å². The Bertz CT molecular complexity index is 736. The van der Waals surface area contributed by atoms with Crippen molar-refractivity contribution < 1.29 is 14.3 Å². The first-order chi connectivity index (χ1) is 13.2. The van der Waals surface area contributed by atoms with Gasteiger partial charge in [-0.1, -0.05) is 0 Å². The second-order valence-corrected chi connectivity index (χ2v) is 9.46. The standard InChI is InChI=1S/C22H28N2O3/c25-22(14-1-4-19-20(10-14)27-11-26-19)24-18-3-2-17(18)23-21-15-6-12-5-13(8-15)9-16(21)7-12/h1,4,10,12-13,15-18,21,23H,2-3,5-9,11H2,(H,24,25)/t12?,13?,15?,16?,17-,18+,21?/m1/s1. The van der Waals surface area contributed by atoms with E-state index in [1.54, 1.807) is 6.07 Å². The molecule has 144 valence electrons. The molecular weight excluding hydrogens is 340 g/mol. The van der Waals surface area contributed by atoms with E-state index in [4.69, 9.17) is 9.47 Å². The number of hydrogen-bond donors (Lipinski definition) is 2. The van der Waals surface area contributed by atoms with Crippen molar-refractivity contribution in [1.29, 1.82) is 0 Å². The molecule has 1 amide bonds. The van der Waals surface area contributed by atoms with Gasteiger partial charge >= 0.3 is 0 Å². The average Bonchev–Trinajstić information content (AvgIpc) is 3.11. The molecule has 0 saturated heterocycles. The highest BCUT2D eigenvalue weighted by Crippen LogP contribution is 2.54. The summed E-state index contributed by atoms with van der Waals surface area (Å²) >= 11 is 0. The molecule has 6 aliphatic rings. The lowest BCUT2D eigenvalue weighted by molar-refractivity contribution is -0.0236. The zero-order valence-corrected chi connectivity index (χ0v) is 15.7. The largest absolute Gasteiger partial charge is 0.454 e. The van der Waals surface area contributed by atoms with Gasteiger partial charge in [-0.3, -0.25) is 4.79 Å². The number of hydrogen-bond acceptors (Lipinski definition) is 4. The van der Waals surface area contributed by atoms with Gasteiger partial charge in [-0.05, 0) is 86.8 Å². The lowest BCUT2D eigenvalue weighted by Crippen LogP contribution is -2.64. The molecule has 0 spiro atoms. The Hall–Kier alpha value is -1.75.